The normalized spacial score (nSPS) is 14.4. The van der Waals surface area contributed by atoms with E-state index in [1.54, 1.807) is 0 Å². The smallest absolute Gasteiger partial charge is 0.119 e. The maximum absolute atomic E-state index is 5.70. The molecule has 0 aliphatic carbocycles. The van der Waals surface area contributed by atoms with Gasteiger partial charge in [0.1, 0.15) is 5.75 Å². The number of hydrogen-bond acceptors (Lipinski definition) is 2. The van der Waals surface area contributed by atoms with Crippen molar-refractivity contribution >= 4 is 0 Å². The van der Waals surface area contributed by atoms with Crippen molar-refractivity contribution in [1.29, 1.82) is 0 Å². The van der Waals surface area contributed by atoms with E-state index in [1.807, 2.05) is 0 Å². The highest BCUT2D eigenvalue weighted by Gasteiger charge is 2.17. The van der Waals surface area contributed by atoms with Gasteiger partial charge in [-0.3, -0.25) is 0 Å². The van der Waals surface area contributed by atoms with Gasteiger partial charge in [-0.2, -0.15) is 0 Å². The first-order valence-corrected chi connectivity index (χ1v) is 7.58. The van der Waals surface area contributed by atoms with E-state index in [0.29, 0.717) is 12.0 Å². The van der Waals surface area contributed by atoms with Crippen LogP contribution in [0.15, 0.2) is 24.3 Å². The molecule has 0 aromatic heterocycles. The number of ether oxygens (including phenoxy) is 1. The molecule has 108 valence electrons. The molecule has 0 amide bonds. The Morgan fingerprint density at radius 1 is 1.05 bits per heavy atom. The molecule has 0 aliphatic heterocycles. The predicted molar refractivity (Wildman–Crippen MR) is 82.7 cm³/mol. The van der Waals surface area contributed by atoms with Gasteiger partial charge < -0.3 is 10.1 Å². The van der Waals surface area contributed by atoms with Crippen LogP contribution in [-0.2, 0) is 0 Å². The Bertz CT molecular complexity index is 345. The fourth-order valence-corrected chi connectivity index (χ4v) is 2.52. The molecule has 19 heavy (non-hydrogen) atoms. The van der Waals surface area contributed by atoms with Crippen molar-refractivity contribution in [3.8, 4) is 5.75 Å². The molecule has 1 N–H and O–H groups in total. The molecule has 2 unspecified atom stereocenters. The second kappa shape index (κ2) is 8.21. The molecule has 0 fully saturated rings. The van der Waals surface area contributed by atoms with Gasteiger partial charge in [0.05, 0.1) is 6.10 Å². The van der Waals surface area contributed by atoms with Crippen LogP contribution in [0.5, 0.6) is 5.75 Å². The average molecular weight is 263 g/mol. The molecule has 1 aromatic rings. The Morgan fingerprint density at radius 2 is 1.68 bits per heavy atom. The lowest BCUT2D eigenvalue weighted by Crippen LogP contribution is -2.26. The lowest BCUT2D eigenvalue weighted by molar-refractivity contribution is 0.242. The largest absolute Gasteiger partial charge is 0.491 e. The summed E-state index contributed by atoms with van der Waals surface area (Å²) in [5.41, 5.74) is 1.36. The highest BCUT2D eigenvalue weighted by molar-refractivity contribution is 5.29. The van der Waals surface area contributed by atoms with E-state index >= 15 is 0 Å². The summed E-state index contributed by atoms with van der Waals surface area (Å²) in [4.78, 5) is 0. The van der Waals surface area contributed by atoms with Crippen LogP contribution >= 0.6 is 0 Å². The van der Waals surface area contributed by atoms with Gasteiger partial charge in [-0.1, -0.05) is 39.3 Å². The van der Waals surface area contributed by atoms with Crippen molar-refractivity contribution in [2.75, 3.05) is 6.54 Å². The standard InChI is InChI=1S/C17H29NO/c1-6-8-14(5)17(18-7-2)15-9-11-16(12-10-15)19-13(3)4/h9-14,17-18H,6-8H2,1-5H3. The zero-order chi connectivity index (χ0) is 14.3. The Kier molecular flexibility index (Phi) is 6.93. The van der Waals surface area contributed by atoms with Gasteiger partial charge in [0.25, 0.3) is 0 Å². The number of rotatable bonds is 8. The molecule has 0 heterocycles. The van der Waals surface area contributed by atoms with Gasteiger partial charge >= 0.3 is 0 Å². The van der Waals surface area contributed by atoms with Crippen molar-refractivity contribution < 1.29 is 4.74 Å². The maximum atomic E-state index is 5.70. The molecule has 1 aromatic carbocycles. The Morgan fingerprint density at radius 3 is 2.16 bits per heavy atom. The van der Waals surface area contributed by atoms with E-state index in [0.717, 1.165) is 12.3 Å². The van der Waals surface area contributed by atoms with E-state index in [-0.39, 0.29) is 6.10 Å². The number of nitrogens with one attached hydrogen (secondary N) is 1. The molecular weight excluding hydrogens is 234 g/mol. The molecule has 0 saturated heterocycles. The lowest BCUT2D eigenvalue weighted by Gasteiger charge is -2.25. The summed E-state index contributed by atoms with van der Waals surface area (Å²) in [6, 6.07) is 8.99. The van der Waals surface area contributed by atoms with E-state index in [4.69, 9.17) is 4.74 Å². The molecule has 2 heteroatoms. The maximum Gasteiger partial charge on any atom is 0.119 e. The van der Waals surface area contributed by atoms with Crippen molar-refractivity contribution in [3.05, 3.63) is 29.8 Å². The van der Waals surface area contributed by atoms with Crippen molar-refractivity contribution in [2.45, 2.75) is 59.6 Å². The van der Waals surface area contributed by atoms with Gasteiger partial charge in [0.15, 0.2) is 0 Å². The fourth-order valence-electron chi connectivity index (χ4n) is 2.52. The topological polar surface area (TPSA) is 21.3 Å². The second-order valence-electron chi connectivity index (χ2n) is 5.54. The van der Waals surface area contributed by atoms with Crippen LogP contribution in [0.4, 0.5) is 0 Å². The summed E-state index contributed by atoms with van der Waals surface area (Å²) in [6.07, 6.45) is 2.72. The highest BCUT2D eigenvalue weighted by atomic mass is 16.5. The predicted octanol–water partition coefficient (Wildman–Crippen LogP) is 4.56. The van der Waals surface area contributed by atoms with E-state index in [2.05, 4.69) is 64.2 Å². The van der Waals surface area contributed by atoms with Crippen molar-refractivity contribution in [2.24, 2.45) is 5.92 Å². The van der Waals surface area contributed by atoms with Crippen LogP contribution in [0.1, 0.15) is 59.1 Å². The van der Waals surface area contributed by atoms with Gasteiger partial charge in [0.2, 0.25) is 0 Å². The van der Waals surface area contributed by atoms with Gasteiger partial charge in [-0.15, -0.1) is 0 Å². The summed E-state index contributed by atoms with van der Waals surface area (Å²) in [6.45, 7) is 11.9. The molecule has 1 rings (SSSR count). The first kappa shape index (κ1) is 16.0. The SMILES string of the molecule is CCCC(C)C(NCC)c1ccc(OC(C)C)cc1. The molecule has 0 aliphatic rings. The van der Waals surface area contributed by atoms with Crippen LogP contribution in [0, 0.1) is 5.92 Å². The Balaban J connectivity index is 2.78. The molecule has 2 atom stereocenters. The zero-order valence-corrected chi connectivity index (χ0v) is 13.1. The Hall–Kier alpha value is -1.02. The quantitative estimate of drug-likeness (QED) is 0.742. The van der Waals surface area contributed by atoms with Crippen LogP contribution in [0.25, 0.3) is 0 Å². The minimum atomic E-state index is 0.231. The molecule has 0 saturated carbocycles. The molecule has 0 spiro atoms. The van der Waals surface area contributed by atoms with Crippen molar-refractivity contribution in [3.63, 3.8) is 0 Å². The van der Waals surface area contributed by atoms with Gasteiger partial charge in [-0.25, -0.2) is 0 Å². The van der Waals surface area contributed by atoms with Crippen LogP contribution in [0.2, 0.25) is 0 Å². The first-order valence-electron chi connectivity index (χ1n) is 7.58. The minimum absolute atomic E-state index is 0.231. The molecule has 0 bridgehead atoms. The summed E-state index contributed by atoms with van der Waals surface area (Å²) >= 11 is 0. The zero-order valence-electron chi connectivity index (χ0n) is 13.1. The summed E-state index contributed by atoms with van der Waals surface area (Å²) in [5.74, 6) is 1.61. The third-order valence-electron chi connectivity index (χ3n) is 3.35. The van der Waals surface area contributed by atoms with Crippen LogP contribution < -0.4 is 10.1 Å². The fraction of sp³-hybridized carbons (Fsp3) is 0.647. The third-order valence-corrected chi connectivity index (χ3v) is 3.35. The number of hydrogen-bond donors (Lipinski definition) is 1. The second-order valence-corrected chi connectivity index (χ2v) is 5.54. The van der Waals surface area contributed by atoms with Gasteiger partial charge in [-0.05, 0) is 50.4 Å². The van der Waals surface area contributed by atoms with Gasteiger partial charge in [0, 0.05) is 6.04 Å². The van der Waals surface area contributed by atoms with E-state index < -0.39 is 0 Å². The van der Waals surface area contributed by atoms with Crippen molar-refractivity contribution in [1.82, 2.24) is 5.32 Å². The summed E-state index contributed by atoms with van der Waals surface area (Å²) in [5, 5.41) is 3.60. The average Bonchev–Trinajstić information content (AvgIpc) is 2.36. The highest BCUT2D eigenvalue weighted by Crippen LogP contribution is 2.27. The van der Waals surface area contributed by atoms with E-state index in [1.165, 1.54) is 18.4 Å². The molecule has 0 radical (unpaired) electrons. The van der Waals surface area contributed by atoms with Crippen LogP contribution in [0.3, 0.4) is 0 Å². The first-order chi connectivity index (χ1) is 9.08. The van der Waals surface area contributed by atoms with E-state index in [9.17, 15) is 0 Å². The Labute approximate surface area is 118 Å². The minimum Gasteiger partial charge on any atom is -0.491 e. The van der Waals surface area contributed by atoms with Crippen LogP contribution in [-0.4, -0.2) is 12.6 Å². The summed E-state index contributed by atoms with van der Waals surface area (Å²) in [7, 11) is 0. The number of benzene rings is 1. The third kappa shape index (κ3) is 5.23. The lowest BCUT2D eigenvalue weighted by atomic mass is 9.91. The summed E-state index contributed by atoms with van der Waals surface area (Å²) < 4.78 is 5.70. The molecule has 2 nitrogen and oxygen atoms in total. The monoisotopic (exact) mass is 263 g/mol. The molecular formula is C17H29NO.